The number of hydrogen-bond donors (Lipinski definition) is 2. The summed E-state index contributed by atoms with van der Waals surface area (Å²) in [5, 5.41) is 3.30. The van der Waals surface area contributed by atoms with Gasteiger partial charge in [-0.1, -0.05) is 30.7 Å². The summed E-state index contributed by atoms with van der Waals surface area (Å²) in [5.74, 6) is -0.198. The molecule has 0 saturated carbocycles. The number of esters is 1. The first kappa shape index (κ1) is 20.6. The van der Waals surface area contributed by atoms with Crippen molar-refractivity contribution in [1.82, 2.24) is 9.97 Å². The van der Waals surface area contributed by atoms with Crippen LogP contribution in [0, 0.1) is 13.8 Å². The molecule has 0 radical (unpaired) electrons. The highest BCUT2D eigenvalue weighted by Crippen LogP contribution is 2.19. The lowest BCUT2D eigenvalue weighted by atomic mass is 10.1. The van der Waals surface area contributed by atoms with Gasteiger partial charge in [-0.25, -0.2) is 9.78 Å². The maximum atomic E-state index is 12.5. The van der Waals surface area contributed by atoms with Crippen molar-refractivity contribution in [2.45, 2.75) is 33.3 Å². The number of aromatic nitrogens is 2. The summed E-state index contributed by atoms with van der Waals surface area (Å²) in [4.78, 5) is 32.6. The van der Waals surface area contributed by atoms with E-state index in [2.05, 4.69) is 15.3 Å². The second-order valence-corrected chi connectivity index (χ2v) is 7.11. The Kier molecular flexibility index (Phi) is 6.34. The molecule has 6 nitrogen and oxygen atoms in total. The lowest BCUT2D eigenvalue weighted by molar-refractivity contribution is -0.124. The fourth-order valence-corrected chi connectivity index (χ4v) is 2.85. The second kappa shape index (κ2) is 8.92. The molecular formula is C22H22ClN3O3. The van der Waals surface area contributed by atoms with Gasteiger partial charge in [-0.3, -0.25) is 4.79 Å². The van der Waals surface area contributed by atoms with Crippen LogP contribution in [0.1, 0.15) is 35.1 Å². The molecule has 29 heavy (non-hydrogen) atoms. The van der Waals surface area contributed by atoms with Crippen molar-refractivity contribution >= 4 is 29.2 Å². The van der Waals surface area contributed by atoms with Gasteiger partial charge in [-0.05, 0) is 56.7 Å². The van der Waals surface area contributed by atoms with E-state index in [1.807, 2.05) is 13.8 Å². The molecule has 1 amide bonds. The first-order valence-electron chi connectivity index (χ1n) is 9.28. The van der Waals surface area contributed by atoms with Crippen LogP contribution in [-0.4, -0.2) is 27.9 Å². The number of carbonyl (C=O) groups is 2. The van der Waals surface area contributed by atoms with Gasteiger partial charge in [0.05, 0.1) is 11.3 Å². The number of carbonyl (C=O) groups excluding carboxylic acids is 2. The van der Waals surface area contributed by atoms with Crippen molar-refractivity contribution in [3.8, 4) is 11.4 Å². The number of anilines is 1. The fourth-order valence-electron chi connectivity index (χ4n) is 2.72. The summed E-state index contributed by atoms with van der Waals surface area (Å²) in [6.45, 7) is 5.67. The zero-order valence-corrected chi connectivity index (χ0v) is 17.2. The molecule has 0 aliphatic rings. The Labute approximate surface area is 174 Å². The average Bonchev–Trinajstić information content (AvgIpc) is 3.06. The first-order valence-corrected chi connectivity index (χ1v) is 9.66. The van der Waals surface area contributed by atoms with Crippen LogP contribution in [0.4, 0.5) is 5.69 Å². The maximum Gasteiger partial charge on any atom is 0.338 e. The number of nitrogens with zero attached hydrogens (tertiary/aromatic N) is 1. The van der Waals surface area contributed by atoms with Gasteiger partial charge in [-0.2, -0.15) is 0 Å². The summed E-state index contributed by atoms with van der Waals surface area (Å²) < 4.78 is 5.41. The summed E-state index contributed by atoms with van der Waals surface area (Å²) >= 11 is 5.85. The van der Waals surface area contributed by atoms with Gasteiger partial charge in [0.25, 0.3) is 5.91 Å². The second-order valence-electron chi connectivity index (χ2n) is 6.67. The summed E-state index contributed by atoms with van der Waals surface area (Å²) in [6.07, 6.45) is -0.540. The molecule has 0 bridgehead atoms. The highest BCUT2D eigenvalue weighted by Gasteiger charge is 2.22. The number of aryl methyl sites for hydroxylation is 2. The number of aromatic amines is 1. The summed E-state index contributed by atoms with van der Waals surface area (Å²) in [5.41, 5.74) is 3.75. The lowest BCUT2D eigenvalue weighted by Crippen LogP contribution is -2.32. The maximum absolute atomic E-state index is 12.5. The number of hydrogen-bond acceptors (Lipinski definition) is 4. The molecule has 0 spiro atoms. The van der Waals surface area contributed by atoms with E-state index in [0.717, 1.165) is 22.8 Å². The Bertz CT molecular complexity index is 991. The number of amides is 1. The van der Waals surface area contributed by atoms with Crippen LogP contribution in [0.3, 0.4) is 0 Å². The van der Waals surface area contributed by atoms with E-state index < -0.39 is 12.1 Å². The van der Waals surface area contributed by atoms with Crippen LogP contribution in [0.2, 0.25) is 5.02 Å². The first-order chi connectivity index (χ1) is 13.9. The van der Waals surface area contributed by atoms with Crippen LogP contribution in [0.15, 0.2) is 48.5 Å². The zero-order valence-electron chi connectivity index (χ0n) is 16.5. The van der Waals surface area contributed by atoms with Crippen LogP contribution < -0.4 is 5.32 Å². The number of imidazole rings is 1. The van der Waals surface area contributed by atoms with Gasteiger partial charge in [0.15, 0.2) is 6.10 Å². The highest BCUT2D eigenvalue weighted by atomic mass is 35.5. The third-order valence-corrected chi connectivity index (χ3v) is 4.80. The minimum atomic E-state index is -0.895. The normalized spacial score (nSPS) is 11.7. The molecule has 1 heterocycles. The van der Waals surface area contributed by atoms with Gasteiger partial charge in [0.2, 0.25) is 0 Å². The zero-order chi connectivity index (χ0) is 21.0. The van der Waals surface area contributed by atoms with Crippen molar-refractivity contribution in [1.29, 1.82) is 0 Å². The van der Waals surface area contributed by atoms with Crippen molar-refractivity contribution < 1.29 is 14.3 Å². The topological polar surface area (TPSA) is 84.1 Å². The van der Waals surface area contributed by atoms with Crippen LogP contribution in [0.5, 0.6) is 0 Å². The molecule has 0 aliphatic heterocycles. The Morgan fingerprint density at radius 3 is 2.31 bits per heavy atom. The minimum Gasteiger partial charge on any atom is -0.449 e. The van der Waals surface area contributed by atoms with Crippen molar-refractivity contribution in [3.05, 3.63) is 70.5 Å². The molecule has 3 aromatic rings. The quantitative estimate of drug-likeness (QED) is 0.564. The van der Waals surface area contributed by atoms with E-state index in [1.54, 1.807) is 55.5 Å². The van der Waals surface area contributed by atoms with Gasteiger partial charge in [0.1, 0.15) is 5.82 Å². The van der Waals surface area contributed by atoms with Gasteiger partial charge in [0, 0.05) is 22.0 Å². The molecule has 1 aromatic heterocycles. The van der Waals surface area contributed by atoms with E-state index in [-0.39, 0.29) is 5.91 Å². The molecule has 2 aromatic carbocycles. The number of benzene rings is 2. The van der Waals surface area contributed by atoms with E-state index in [9.17, 15) is 9.59 Å². The molecule has 0 fully saturated rings. The van der Waals surface area contributed by atoms with E-state index in [0.29, 0.717) is 22.7 Å². The fraction of sp³-hybridized carbons (Fsp3) is 0.227. The third kappa shape index (κ3) is 5.03. The Hall–Kier alpha value is -3.12. The average molecular weight is 412 g/mol. The molecule has 0 aliphatic carbocycles. The Morgan fingerprint density at radius 1 is 1.10 bits per heavy atom. The minimum absolute atomic E-state index is 0.355. The van der Waals surface area contributed by atoms with Crippen molar-refractivity contribution in [2.24, 2.45) is 0 Å². The lowest BCUT2D eigenvalue weighted by Gasteiger charge is -2.16. The molecule has 1 atom stereocenters. The van der Waals surface area contributed by atoms with Crippen molar-refractivity contribution in [3.63, 3.8) is 0 Å². The largest absolute Gasteiger partial charge is 0.449 e. The van der Waals surface area contributed by atoms with Crippen molar-refractivity contribution in [2.75, 3.05) is 5.32 Å². The number of ether oxygens (including phenoxy) is 1. The predicted molar refractivity (Wildman–Crippen MR) is 113 cm³/mol. The van der Waals surface area contributed by atoms with Crippen LogP contribution in [-0.2, 0) is 9.53 Å². The number of rotatable bonds is 6. The van der Waals surface area contributed by atoms with E-state index in [4.69, 9.17) is 16.3 Å². The molecular weight excluding hydrogens is 390 g/mol. The molecule has 7 heteroatoms. The monoisotopic (exact) mass is 411 g/mol. The van der Waals surface area contributed by atoms with E-state index in [1.165, 1.54) is 0 Å². The Balaban J connectivity index is 1.65. The summed E-state index contributed by atoms with van der Waals surface area (Å²) in [7, 11) is 0. The smallest absolute Gasteiger partial charge is 0.338 e. The molecule has 1 unspecified atom stereocenters. The van der Waals surface area contributed by atoms with E-state index >= 15 is 0 Å². The molecule has 2 N–H and O–H groups in total. The predicted octanol–water partition coefficient (Wildman–Crippen LogP) is 4.92. The number of nitrogens with one attached hydrogen (secondary N) is 2. The molecule has 0 saturated heterocycles. The van der Waals surface area contributed by atoms with Gasteiger partial charge < -0.3 is 15.0 Å². The molecule has 3 rings (SSSR count). The molecule has 150 valence electrons. The number of H-pyrrole nitrogens is 1. The van der Waals surface area contributed by atoms with Gasteiger partial charge in [-0.15, -0.1) is 0 Å². The summed E-state index contributed by atoms with van der Waals surface area (Å²) in [6, 6.07) is 13.6. The SMILES string of the molecule is CCC(OC(=O)c1ccc(-c2nc(C)c(C)[nH]2)cc1)C(=O)Nc1ccc(Cl)cc1. The van der Waals surface area contributed by atoms with Gasteiger partial charge >= 0.3 is 5.97 Å². The van der Waals surface area contributed by atoms with Crippen LogP contribution in [0.25, 0.3) is 11.4 Å². The standard InChI is InChI=1S/C22H22ClN3O3/c1-4-19(21(27)26-18-11-9-17(23)10-12-18)29-22(28)16-7-5-15(6-8-16)20-24-13(2)14(3)25-20/h5-12,19H,4H2,1-3H3,(H,24,25)(H,26,27). The van der Waals surface area contributed by atoms with Crippen LogP contribution >= 0.6 is 11.6 Å². The Morgan fingerprint density at radius 2 is 1.76 bits per heavy atom. The third-order valence-electron chi connectivity index (χ3n) is 4.55. The highest BCUT2D eigenvalue weighted by molar-refractivity contribution is 6.30. The number of halogens is 1.